The van der Waals surface area contributed by atoms with Crippen molar-refractivity contribution in [1.29, 1.82) is 0 Å². The normalized spacial score (nSPS) is 10.9. The van der Waals surface area contributed by atoms with Crippen LogP contribution in [0.2, 0.25) is 5.02 Å². The van der Waals surface area contributed by atoms with E-state index in [0.717, 1.165) is 24.2 Å². The number of anilines is 1. The Morgan fingerprint density at radius 1 is 1.30 bits per heavy atom. The van der Waals surface area contributed by atoms with E-state index >= 15 is 0 Å². The van der Waals surface area contributed by atoms with Crippen LogP contribution < -0.4 is 10.9 Å². The fraction of sp³-hybridized carbons (Fsp3) is 0.211. The molecule has 0 aliphatic rings. The smallest absolute Gasteiger partial charge is 0.262 e. The number of carbonyl (C=O) groups is 1. The minimum absolute atomic E-state index is 0.00341. The summed E-state index contributed by atoms with van der Waals surface area (Å²) in [6, 6.07) is 11.1. The van der Waals surface area contributed by atoms with Crippen molar-refractivity contribution < 1.29 is 9.18 Å². The molecule has 0 bridgehead atoms. The van der Waals surface area contributed by atoms with E-state index in [2.05, 4.69) is 10.3 Å². The van der Waals surface area contributed by atoms with Crippen LogP contribution in [0.5, 0.6) is 0 Å². The molecular weight excluding hydrogens is 389 g/mol. The molecule has 3 rings (SSSR count). The maximum absolute atomic E-state index is 13.8. The van der Waals surface area contributed by atoms with Gasteiger partial charge in [0.25, 0.3) is 5.56 Å². The highest BCUT2D eigenvalue weighted by Gasteiger charge is 2.14. The number of benzene rings is 2. The number of rotatable bonds is 6. The molecule has 3 aromatic rings. The molecule has 8 heteroatoms. The van der Waals surface area contributed by atoms with E-state index in [1.165, 1.54) is 12.1 Å². The van der Waals surface area contributed by atoms with Crippen LogP contribution in [-0.4, -0.2) is 21.2 Å². The molecule has 0 aliphatic heterocycles. The minimum atomic E-state index is -0.604. The van der Waals surface area contributed by atoms with E-state index in [-0.39, 0.29) is 22.0 Å². The van der Waals surface area contributed by atoms with Gasteiger partial charge in [-0.3, -0.25) is 14.2 Å². The molecule has 1 N–H and O–H groups in total. The fourth-order valence-electron chi connectivity index (χ4n) is 2.59. The first-order chi connectivity index (χ1) is 13.0. The number of hydrogen-bond acceptors (Lipinski definition) is 4. The van der Waals surface area contributed by atoms with Gasteiger partial charge in [-0.15, -0.1) is 0 Å². The van der Waals surface area contributed by atoms with Gasteiger partial charge in [-0.25, -0.2) is 9.37 Å². The first-order valence-electron chi connectivity index (χ1n) is 8.37. The first-order valence-corrected chi connectivity index (χ1v) is 9.73. The number of thioether (sulfide) groups is 1. The van der Waals surface area contributed by atoms with Gasteiger partial charge < -0.3 is 5.32 Å². The molecule has 1 amide bonds. The van der Waals surface area contributed by atoms with Gasteiger partial charge in [-0.1, -0.05) is 42.4 Å². The number of hydrogen-bond donors (Lipinski definition) is 1. The molecule has 140 valence electrons. The molecule has 0 aliphatic carbocycles. The van der Waals surface area contributed by atoms with Crippen molar-refractivity contribution >= 4 is 45.9 Å². The number of nitrogens with zero attached hydrogens (tertiary/aromatic N) is 2. The molecule has 0 fully saturated rings. The van der Waals surface area contributed by atoms with Crippen molar-refractivity contribution in [2.45, 2.75) is 25.0 Å². The number of halogens is 2. The van der Waals surface area contributed by atoms with Crippen LogP contribution in [0.25, 0.3) is 10.9 Å². The molecule has 0 atom stereocenters. The summed E-state index contributed by atoms with van der Waals surface area (Å²) in [6.07, 6.45) is 0.760. The molecular formula is C19H17ClFN3O2S. The van der Waals surface area contributed by atoms with Gasteiger partial charge in [-0.05, 0) is 36.8 Å². The lowest BCUT2D eigenvalue weighted by molar-refractivity contribution is -0.113. The highest BCUT2D eigenvalue weighted by atomic mass is 35.5. The lowest BCUT2D eigenvalue weighted by Crippen LogP contribution is -2.24. The van der Waals surface area contributed by atoms with Crippen LogP contribution >= 0.6 is 23.4 Å². The molecule has 1 heterocycles. The topological polar surface area (TPSA) is 64.0 Å². The summed E-state index contributed by atoms with van der Waals surface area (Å²) in [6.45, 7) is 2.47. The summed E-state index contributed by atoms with van der Waals surface area (Å²) in [5.74, 6) is -1.00. The van der Waals surface area contributed by atoms with Crippen molar-refractivity contribution in [2.24, 2.45) is 0 Å². The maximum atomic E-state index is 13.8. The van der Waals surface area contributed by atoms with Gasteiger partial charge in [0.1, 0.15) is 5.82 Å². The zero-order valence-electron chi connectivity index (χ0n) is 14.5. The molecule has 0 saturated carbocycles. The van der Waals surface area contributed by atoms with Crippen LogP contribution in [-0.2, 0) is 11.3 Å². The van der Waals surface area contributed by atoms with Gasteiger partial charge in [-0.2, -0.15) is 0 Å². The summed E-state index contributed by atoms with van der Waals surface area (Å²) in [7, 11) is 0. The summed E-state index contributed by atoms with van der Waals surface area (Å²) < 4.78 is 15.4. The molecule has 1 aromatic heterocycles. The Morgan fingerprint density at radius 2 is 2.07 bits per heavy atom. The van der Waals surface area contributed by atoms with Crippen molar-refractivity contribution in [1.82, 2.24) is 9.55 Å². The molecule has 0 saturated heterocycles. The van der Waals surface area contributed by atoms with Crippen LogP contribution in [0, 0.1) is 5.82 Å². The predicted molar refractivity (Wildman–Crippen MR) is 107 cm³/mol. The lowest BCUT2D eigenvalue weighted by atomic mass is 10.2. The number of aromatic nitrogens is 2. The van der Waals surface area contributed by atoms with Crippen molar-refractivity contribution in [3.05, 3.63) is 63.7 Å². The van der Waals surface area contributed by atoms with Gasteiger partial charge in [0.2, 0.25) is 5.91 Å². The second-order valence-electron chi connectivity index (χ2n) is 5.83. The minimum Gasteiger partial charge on any atom is -0.323 e. The highest BCUT2D eigenvalue weighted by molar-refractivity contribution is 7.99. The Bertz CT molecular complexity index is 1050. The summed E-state index contributed by atoms with van der Waals surface area (Å²) in [4.78, 5) is 29.4. The molecule has 0 unspecified atom stereocenters. The van der Waals surface area contributed by atoms with E-state index in [9.17, 15) is 14.0 Å². The van der Waals surface area contributed by atoms with Crippen LogP contribution in [0.15, 0.2) is 52.4 Å². The third-order valence-corrected chi connectivity index (χ3v) is 5.02. The summed E-state index contributed by atoms with van der Waals surface area (Å²) in [5, 5.41) is 3.77. The molecule has 5 nitrogen and oxygen atoms in total. The van der Waals surface area contributed by atoms with Crippen LogP contribution in [0.1, 0.15) is 13.3 Å². The molecule has 0 spiro atoms. The maximum Gasteiger partial charge on any atom is 0.262 e. The number of carbonyl (C=O) groups excluding carboxylic acids is 1. The van der Waals surface area contributed by atoms with Gasteiger partial charge in [0, 0.05) is 11.6 Å². The zero-order valence-corrected chi connectivity index (χ0v) is 16.1. The van der Waals surface area contributed by atoms with Crippen LogP contribution in [0.3, 0.4) is 0 Å². The number of amides is 1. The standard InChI is InChI=1S/C19H17ClFN3O2S/c1-2-9-24-18(26)13-5-3-4-6-15(13)23-19(24)27-11-17(25)22-16-8-7-12(20)10-14(16)21/h3-8,10H,2,9,11H2,1H3,(H,22,25). The monoisotopic (exact) mass is 405 g/mol. The Labute approximate surface area is 164 Å². The van der Waals surface area contributed by atoms with Crippen LogP contribution in [0.4, 0.5) is 10.1 Å². The number of fused-ring (bicyclic) bond motifs is 1. The van der Waals surface area contributed by atoms with E-state index in [1.54, 1.807) is 22.8 Å². The Hall–Kier alpha value is -2.38. The summed E-state index contributed by atoms with van der Waals surface area (Å²) in [5.41, 5.74) is 0.512. The zero-order chi connectivity index (χ0) is 19.4. The van der Waals surface area contributed by atoms with Gasteiger partial charge in [0.05, 0.1) is 22.3 Å². The average molecular weight is 406 g/mol. The van der Waals surface area contributed by atoms with Crippen molar-refractivity contribution in [2.75, 3.05) is 11.1 Å². The quantitative estimate of drug-likeness (QED) is 0.489. The Kier molecular flexibility index (Phi) is 6.13. The SMILES string of the molecule is CCCn1c(SCC(=O)Nc2ccc(Cl)cc2F)nc2ccccc2c1=O. The summed E-state index contributed by atoms with van der Waals surface area (Å²) >= 11 is 6.85. The predicted octanol–water partition coefficient (Wildman–Crippen LogP) is 4.33. The second kappa shape index (κ2) is 8.54. The lowest BCUT2D eigenvalue weighted by Gasteiger charge is -2.12. The van der Waals surface area contributed by atoms with Gasteiger partial charge in [0.15, 0.2) is 5.16 Å². The van der Waals surface area contributed by atoms with E-state index in [4.69, 9.17) is 11.6 Å². The second-order valence-corrected chi connectivity index (χ2v) is 7.21. The van der Waals surface area contributed by atoms with E-state index in [1.807, 2.05) is 13.0 Å². The van der Waals surface area contributed by atoms with Gasteiger partial charge >= 0.3 is 0 Å². The third kappa shape index (κ3) is 4.48. The number of nitrogens with one attached hydrogen (secondary N) is 1. The Balaban J connectivity index is 1.80. The van der Waals surface area contributed by atoms with Crippen molar-refractivity contribution in [3.63, 3.8) is 0 Å². The highest BCUT2D eigenvalue weighted by Crippen LogP contribution is 2.21. The van der Waals surface area contributed by atoms with E-state index in [0.29, 0.717) is 22.6 Å². The third-order valence-electron chi connectivity index (χ3n) is 3.81. The molecule has 2 aromatic carbocycles. The fourth-order valence-corrected chi connectivity index (χ4v) is 3.57. The van der Waals surface area contributed by atoms with Crippen molar-refractivity contribution in [3.8, 4) is 0 Å². The Morgan fingerprint density at radius 3 is 2.81 bits per heavy atom. The molecule has 27 heavy (non-hydrogen) atoms. The largest absolute Gasteiger partial charge is 0.323 e. The van der Waals surface area contributed by atoms with E-state index < -0.39 is 11.7 Å². The average Bonchev–Trinajstić information content (AvgIpc) is 2.65. The number of para-hydroxylation sites is 1. The first kappa shape index (κ1) is 19.4. The molecule has 0 radical (unpaired) electrons.